The largest absolute Gasteiger partial charge is 0.291 e. The second-order valence-corrected chi connectivity index (χ2v) is 4.86. The van der Waals surface area contributed by atoms with Gasteiger partial charge in [0.15, 0.2) is 5.78 Å². The van der Waals surface area contributed by atoms with Crippen molar-refractivity contribution in [3.05, 3.63) is 53.9 Å². The van der Waals surface area contributed by atoms with Crippen molar-refractivity contribution in [1.29, 1.82) is 0 Å². The van der Waals surface area contributed by atoms with Crippen LogP contribution >= 0.6 is 0 Å². The fourth-order valence-corrected chi connectivity index (χ4v) is 2.65. The molecule has 1 heterocycles. The zero-order chi connectivity index (χ0) is 13.9. The third-order valence-electron chi connectivity index (χ3n) is 3.91. The second kappa shape index (κ2) is 5.39. The van der Waals surface area contributed by atoms with Crippen molar-refractivity contribution < 1.29 is 4.79 Å². The molecule has 0 aliphatic rings. The molecule has 0 aliphatic carbocycles. The van der Waals surface area contributed by atoms with E-state index in [4.69, 9.17) is 0 Å². The minimum atomic E-state index is -0.463. The summed E-state index contributed by atoms with van der Waals surface area (Å²) in [5, 5.41) is 4.27. The Morgan fingerprint density at radius 3 is 2.26 bits per heavy atom. The molecule has 0 fully saturated rings. The lowest BCUT2D eigenvalue weighted by atomic mass is 9.71. The smallest absolute Gasteiger partial charge is 0.193 e. The van der Waals surface area contributed by atoms with Gasteiger partial charge in [-0.25, -0.2) is 0 Å². The number of aryl methyl sites for hydroxylation is 1. The zero-order valence-electron chi connectivity index (χ0n) is 11.8. The van der Waals surface area contributed by atoms with Crippen LogP contribution in [0.25, 0.3) is 0 Å². The number of nitrogens with zero attached hydrogens (tertiary/aromatic N) is 2. The average Bonchev–Trinajstić information content (AvgIpc) is 2.88. The molecule has 0 saturated heterocycles. The minimum absolute atomic E-state index is 0.115. The van der Waals surface area contributed by atoms with Crippen LogP contribution < -0.4 is 0 Å². The maximum atomic E-state index is 12.9. The molecule has 100 valence electrons. The number of Topliss-reactive ketones (excluding diaryl/α,β-unsaturated/α-hetero) is 1. The summed E-state index contributed by atoms with van der Waals surface area (Å²) < 4.78 is 1.67. The summed E-state index contributed by atoms with van der Waals surface area (Å²) in [4.78, 5) is 12.9. The standard InChI is InChI=1S/C16H20N2O/c1-4-16(5-2,13-9-7-6-8-10-13)15(19)14-11-12-18(3)17-14/h6-12H,4-5H2,1-3H3. The number of aromatic nitrogens is 2. The first kappa shape index (κ1) is 13.5. The van der Waals surface area contributed by atoms with Gasteiger partial charge in [-0.3, -0.25) is 9.48 Å². The van der Waals surface area contributed by atoms with Crippen LogP contribution in [0.15, 0.2) is 42.6 Å². The van der Waals surface area contributed by atoms with Crippen molar-refractivity contribution in [2.45, 2.75) is 32.1 Å². The molecule has 0 spiro atoms. The first-order valence-electron chi connectivity index (χ1n) is 6.74. The van der Waals surface area contributed by atoms with E-state index in [-0.39, 0.29) is 5.78 Å². The monoisotopic (exact) mass is 256 g/mol. The predicted molar refractivity (Wildman–Crippen MR) is 76.2 cm³/mol. The fraction of sp³-hybridized carbons (Fsp3) is 0.375. The van der Waals surface area contributed by atoms with Gasteiger partial charge in [0.25, 0.3) is 0 Å². The Morgan fingerprint density at radius 2 is 1.79 bits per heavy atom. The van der Waals surface area contributed by atoms with Crippen LogP contribution in [0, 0.1) is 0 Å². The number of hydrogen-bond acceptors (Lipinski definition) is 2. The molecule has 0 radical (unpaired) electrons. The summed E-state index contributed by atoms with van der Waals surface area (Å²) in [6.45, 7) is 4.13. The summed E-state index contributed by atoms with van der Waals surface area (Å²) in [7, 11) is 1.83. The molecule has 3 heteroatoms. The highest BCUT2D eigenvalue weighted by atomic mass is 16.1. The van der Waals surface area contributed by atoms with Crippen molar-refractivity contribution >= 4 is 5.78 Å². The van der Waals surface area contributed by atoms with Crippen LogP contribution in [0.4, 0.5) is 0 Å². The van der Waals surface area contributed by atoms with E-state index in [2.05, 4.69) is 18.9 Å². The number of hydrogen-bond donors (Lipinski definition) is 0. The fourth-order valence-electron chi connectivity index (χ4n) is 2.65. The van der Waals surface area contributed by atoms with Crippen LogP contribution in [0.2, 0.25) is 0 Å². The van der Waals surface area contributed by atoms with Crippen molar-refractivity contribution in [3.8, 4) is 0 Å². The third-order valence-corrected chi connectivity index (χ3v) is 3.91. The van der Waals surface area contributed by atoms with Crippen LogP contribution in [-0.2, 0) is 12.5 Å². The first-order chi connectivity index (χ1) is 9.14. The molecule has 19 heavy (non-hydrogen) atoms. The normalized spacial score (nSPS) is 11.5. The Balaban J connectivity index is 2.48. The number of ketones is 1. The van der Waals surface area contributed by atoms with Gasteiger partial charge >= 0.3 is 0 Å². The molecule has 0 N–H and O–H groups in total. The van der Waals surface area contributed by atoms with E-state index in [1.165, 1.54) is 0 Å². The van der Waals surface area contributed by atoms with Gasteiger partial charge in [-0.05, 0) is 24.5 Å². The number of carbonyl (C=O) groups excluding carboxylic acids is 1. The van der Waals surface area contributed by atoms with Crippen molar-refractivity contribution in [1.82, 2.24) is 9.78 Å². The Hall–Kier alpha value is -1.90. The third kappa shape index (κ3) is 2.33. The van der Waals surface area contributed by atoms with Gasteiger partial charge in [0.2, 0.25) is 0 Å². The Kier molecular flexibility index (Phi) is 3.84. The van der Waals surface area contributed by atoms with E-state index in [0.29, 0.717) is 5.69 Å². The lowest BCUT2D eigenvalue weighted by Crippen LogP contribution is -2.35. The van der Waals surface area contributed by atoms with Gasteiger partial charge in [0.05, 0.1) is 5.41 Å². The molecule has 1 aromatic heterocycles. The summed E-state index contributed by atoms with van der Waals surface area (Å²) in [6.07, 6.45) is 3.38. The average molecular weight is 256 g/mol. The summed E-state index contributed by atoms with van der Waals surface area (Å²) in [5.41, 5.74) is 1.17. The zero-order valence-corrected chi connectivity index (χ0v) is 11.8. The Bertz CT molecular complexity index is 553. The van der Waals surface area contributed by atoms with Gasteiger partial charge in [0.1, 0.15) is 5.69 Å². The quantitative estimate of drug-likeness (QED) is 0.769. The van der Waals surface area contributed by atoms with Gasteiger partial charge in [-0.1, -0.05) is 44.2 Å². The van der Waals surface area contributed by atoms with Crippen LogP contribution in [0.3, 0.4) is 0 Å². The summed E-state index contributed by atoms with van der Waals surface area (Å²) in [5.74, 6) is 0.115. The molecule has 0 saturated carbocycles. The maximum Gasteiger partial charge on any atom is 0.193 e. The van der Waals surface area contributed by atoms with Crippen molar-refractivity contribution in [2.75, 3.05) is 0 Å². The molecule has 3 nitrogen and oxygen atoms in total. The van der Waals surface area contributed by atoms with Gasteiger partial charge in [-0.15, -0.1) is 0 Å². The molecule has 0 atom stereocenters. The van der Waals surface area contributed by atoms with E-state index >= 15 is 0 Å². The van der Waals surface area contributed by atoms with Gasteiger partial charge in [0, 0.05) is 13.2 Å². The van der Waals surface area contributed by atoms with Gasteiger partial charge in [-0.2, -0.15) is 5.10 Å². The van der Waals surface area contributed by atoms with E-state index in [1.807, 2.05) is 43.6 Å². The first-order valence-corrected chi connectivity index (χ1v) is 6.74. The minimum Gasteiger partial charge on any atom is -0.291 e. The molecular weight excluding hydrogens is 236 g/mol. The molecule has 0 aliphatic heterocycles. The highest BCUT2D eigenvalue weighted by Crippen LogP contribution is 2.34. The SMILES string of the molecule is CCC(CC)(C(=O)c1ccn(C)n1)c1ccccc1. The topological polar surface area (TPSA) is 34.9 Å². The molecular formula is C16H20N2O. The Morgan fingerprint density at radius 1 is 1.16 bits per heavy atom. The molecule has 1 aromatic carbocycles. The second-order valence-electron chi connectivity index (χ2n) is 4.86. The number of benzene rings is 1. The van der Waals surface area contributed by atoms with E-state index < -0.39 is 5.41 Å². The van der Waals surface area contributed by atoms with Crippen molar-refractivity contribution in [3.63, 3.8) is 0 Å². The summed E-state index contributed by atoms with van der Waals surface area (Å²) in [6, 6.07) is 11.8. The predicted octanol–water partition coefficient (Wildman–Crippen LogP) is 3.36. The highest BCUT2D eigenvalue weighted by Gasteiger charge is 2.38. The van der Waals surface area contributed by atoms with E-state index in [1.54, 1.807) is 10.7 Å². The maximum absolute atomic E-state index is 12.9. The van der Waals surface area contributed by atoms with E-state index in [0.717, 1.165) is 18.4 Å². The van der Waals surface area contributed by atoms with Crippen molar-refractivity contribution in [2.24, 2.45) is 7.05 Å². The highest BCUT2D eigenvalue weighted by molar-refractivity contribution is 6.02. The lowest BCUT2D eigenvalue weighted by molar-refractivity contribution is 0.0867. The molecule has 0 amide bonds. The number of carbonyl (C=O) groups is 1. The summed E-state index contributed by atoms with van der Waals surface area (Å²) >= 11 is 0. The number of rotatable bonds is 5. The van der Waals surface area contributed by atoms with Gasteiger partial charge < -0.3 is 0 Å². The molecule has 0 unspecified atom stereocenters. The Labute approximate surface area is 114 Å². The molecule has 2 aromatic rings. The molecule has 0 bridgehead atoms. The molecule has 2 rings (SSSR count). The van der Waals surface area contributed by atoms with Crippen LogP contribution in [-0.4, -0.2) is 15.6 Å². The van der Waals surface area contributed by atoms with Crippen LogP contribution in [0.1, 0.15) is 42.7 Å². The van der Waals surface area contributed by atoms with Crippen LogP contribution in [0.5, 0.6) is 0 Å². The lowest BCUT2D eigenvalue weighted by Gasteiger charge is -2.30. The van der Waals surface area contributed by atoms with E-state index in [9.17, 15) is 4.79 Å².